The van der Waals surface area contributed by atoms with Crippen LogP contribution < -0.4 is 15.4 Å². The lowest BCUT2D eigenvalue weighted by Gasteiger charge is -2.34. The number of sulfonamides is 1. The molecule has 1 atom stereocenters. The number of carbonyl (C=O) groups excluding carboxylic acids is 1. The Balaban J connectivity index is 1.58. The van der Waals surface area contributed by atoms with Crippen LogP contribution in [0.1, 0.15) is 37.6 Å². The first-order chi connectivity index (χ1) is 17.5. The number of fused-ring (bicyclic) bond motifs is 1. The molecular formula is C27H30N6O3S. The molecule has 37 heavy (non-hydrogen) atoms. The molecule has 1 saturated heterocycles. The van der Waals surface area contributed by atoms with Gasteiger partial charge in [0, 0.05) is 48.0 Å². The predicted octanol–water partition coefficient (Wildman–Crippen LogP) is 3.96. The molecule has 0 unspecified atom stereocenters. The number of nitrogen functional groups attached to an aromatic ring is 1. The van der Waals surface area contributed by atoms with Crippen LogP contribution in [0.15, 0.2) is 65.8 Å². The molecule has 0 bridgehead atoms. The first-order valence-corrected chi connectivity index (χ1v) is 13.6. The van der Waals surface area contributed by atoms with Crippen LogP contribution in [0.3, 0.4) is 0 Å². The van der Waals surface area contributed by atoms with Crippen LogP contribution in [-0.2, 0) is 17.1 Å². The number of amides is 1. The van der Waals surface area contributed by atoms with Crippen LogP contribution >= 0.6 is 0 Å². The lowest BCUT2D eigenvalue weighted by Crippen LogP contribution is -2.41. The summed E-state index contributed by atoms with van der Waals surface area (Å²) < 4.78 is 30.2. The van der Waals surface area contributed by atoms with Gasteiger partial charge in [0.1, 0.15) is 16.5 Å². The highest BCUT2D eigenvalue weighted by atomic mass is 32.2. The lowest BCUT2D eigenvalue weighted by molar-refractivity contribution is 0.0981. The smallest absolute Gasteiger partial charge is 0.268 e. The summed E-state index contributed by atoms with van der Waals surface area (Å²) in [5.74, 6) is -0.115. The fourth-order valence-electron chi connectivity index (χ4n) is 5.25. The number of carbonyl (C=O) groups is 1. The number of hydrogen-bond acceptors (Lipinski definition) is 7. The SMILES string of the molecule is C[C@@H]1CN(c2nc(-c3ccc4c(ccn4C)c3)ccc2C(=O)NS(=O)(=O)c2cccnc2N)C(C)(C)C1. The number of pyridine rings is 2. The van der Waals surface area contributed by atoms with E-state index in [9.17, 15) is 13.2 Å². The van der Waals surface area contributed by atoms with Crippen molar-refractivity contribution in [2.24, 2.45) is 13.0 Å². The van der Waals surface area contributed by atoms with Gasteiger partial charge in [-0.2, -0.15) is 0 Å². The number of nitrogens with zero attached hydrogens (tertiary/aromatic N) is 4. The van der Waals surface area contributed by atoms with Crippen molar-refractivity contribution in [1.82, 2.24) is 19.3 Å². The maximum absolute atomic E-state index is 13.4. The predicted molar refractivity (Wildman–Crippen MR) is 145 cm³/mol. The second-order valence-electron chi connectivity index (χ2n) is 10.3. The molecule has 10 heteroatoms. The molecule has 4 aromatic rings. The molecule has 0 spiro atoms. The Morgan fingerprint density at radius 3 is 2.65 bits per heavy atom. The fourth-order valence-corrected chi connectivity index (χ4v) is 6.30. The van der Waals surface area contributed by atoms with Crippen LogP contribution in [0.5, 0.6) is 0 Å². The number of benzene rings is 1. The molecular weight excluding hydrogens is 488 g/mol. The van der Waals surface area contributed by atoms with E-state index in [0.717, 1.165) is 22.9 Å². The van der Waals surface area contributed by atoms with E-state index in [2.05, 4.69) is 46.0 Å². The monoisotopic (exact) mass is 518 g/mol. The van der Waals surface area contributed by atoms with Gasteiger partial charge >= 0.3 is 0 Å². The third kappa shape index (κ3) is 4.53. The maximum atomic E-state index is 13.4. The summed E-state index contributed by atoms with van der Waals surface area (Å²) in [7, 11) is -2.24. The van der Waals surface area contributed by atoms with Gasteiger partial charge in [0.05, 0.1) is 11.3 Å². The molecule has 0 saturated carbocycles. The molecule has 192 valence electrons. The molecule has 5 rings (SSSR count). The van der Waals surface area contributed by atoms with Crippen molar-refractivity contribution in [3.63, 3.8) is 0 Å². The van der Waals surface area contributed by atoms with E-state index in [1.54, 1.807) is 12.1 Å². The van der Waals surface area contributed by atoms with Crippen molar-refractivity contribution in [1.29, 1.82) is 0 Å². The van der Waals surface area contributed by atoms with E-state index in [-0.39, 0.29) is 21.8 Å². The van der Waals surface area contributed by atoms with Gasteiger partial charge in [0.2, 0.25) is 0 Å². The van der Waals surface area contributed by atoms with Crippen molar-refractivity contribution in [2.75, 3.05) is 17.2 Å². The Morgan fingerprint density at radius 2 is 1.95 bits per heavy atom. The van der Waals surface area contributed by atoms with E-state index in [0.29, 0.717) is 24.0 Å². The molecule has 1 aliphatic rings. The first-order valence-electron chi connectivity index (χ1n) is 12.1. The topological polar surface area (TPSA) is 123 Å². The highest BCUT2D eigenvalue weighted by molar-refractivity contribution is 7.90. The second kappa shape index (κ2) is 8.88. The molecule has 1 amide bonds. The van der Waals surface area contributed by atoms with Gasteiger partial charge in [-0.3, -0.25) is 4.79 Å². The zero-order valence-electron chi connectivity index (χ0n) is 21.3. The third-order valence-corrected chi connectivity index (χ3v) is 8.32. The number of nitrogens with one attached hydrogen (secondary N) is 1. The van der Waals surface area contributed by atoms with Gasteiger partial charge in [-0.05, 0) is 68.7 Å². The number of aromatic nitrogens is 3. The molecule has 1 aromatic carbocycles. The number of aryl methyl sites for hydroxylation is 1. The Hall–Kier alpha value is -3.92. The molecule has 4 heterocycles. The molecule has 0 aliphatic carbocycles. The second-order valence-corrected chi connectivity index (χ2v) is 12.0. The van der Waals surface area contributed by atoms with E-state index >= 15 is 0 Å². The number of rotatable bonds is 5. The summed E-state index contributed by atoms with van der Waals surface area (Å²) in [6.07, 6.45) is 4.31. The third-order valence-electron chi connectivity index (χ3n) is 6.95. The van der Waals surface area contributed by atoms with Gasteiger partial charge in [0.25, 0.3) is 15.9 Å². The fraction of sp³-hybridized carbons (Fsp3) is 0.296. The van der Waals surface area contributed by atoms with Crippen LogP contribution in [0.4, 0.5) is 11.6 Å². The number of hydrogen-bond donors (Lipinski definition) is 2. The number of nitrogens with two attached hydrogens (primary N) is 1. The van der Waals surface area contributed by atoms with Gasteiger partial charge in [-0.1, -0.05) is 13.0 Å². The van der Waals surface area contributed by atoms with E-state index in [1.807, 2.05) is 31.4 Å². The normalized spacial score (nSPS) is 17.3. The standard InChI is InChI=1S/C27H30N6O3S/c1-17-15-27(2,3)33(16-17)25-20(26(34)31-37(35,36)23-6-5-12-29-24(23)28)8-9-21(30-25)18-7-10-22-19(14-18)11-13-32(22)4/h5-14,17H,15-16H2,1-4H3,(H2,28,29)(H,31,34)/t17-/m0/s1. The van der Waals surface area contributed by atoms with Crippen molar-refractivity contribution < 1.29 is 13.2 Å². The number of anilines is 2. The van der Waals surface area contributed by atoms with Crippen molar-refractivity contribution in [2.45, 2.75) is 37.6 Å². The summed E-state index contributed by atoms with van der Waals surface area (Å²) in [6.45, 7) is 7.07. The van der Waals surface area contributed by atoms with Gasteiger partial charge in [-0.25, -0.2) is 23.1 Å². The van der Waals surface area contributed by atoms with Crippen LogP contribution in [0, 0.1) is 5.92 Å². The Labute approximate surface area is 216 Å². The van der Waals surface area contributed by atoms with Crippen molar-refractivity contribution in [3.8, 4) is 11.3 Å². The van der Waals surface area contributed by atoms with Crippen LogP contribution in [0.25, 0.3) is 22.2 Å². The van der Waals surface area contributed by atoms with Gasteiger partial charge < -0.3 is 15.2 Å². The van der Waals surface area contributed by atoms with Gasteiger partial charge in [-0.15, -0.1) is 0 Å². The van der Waals surface area contributed by atoms with E-state index < -0.39 is 15.9 Å². The highest BCUT2D eigenvalue weighted by Gasteiger charge is 2.39. The zero-order chi connectivity index (χ0) is 26.5. The average Bonchev–Trinajstić information content (AvgIpc) is 3.35. The van der Waals surface area contributed by atoms with E-state index in [4.69, 9.17) is 10.7 Å². The molecule has 0 radical (unpaired) electrons. The maximum Gasteiger partial charge on any atom is 0.268 e. The highest BCUT2D eigenvalue weighted by Crippen LogP contribution is 2.38. The van der Waals surface area contributed by atoms with Crippen LogP contribution in [-0.4, -0.2) is 40.9 Å². The molecule has 1 fully saturated rings. The summed E-state index contributed by atoms with van der Waals surface area (Å²) in [5, 5.41) is 1.08. The molecule has 9 nitrogen and oxygen atoms in total. The Kier molecular flexibility index (Phi) is 5.94. The van der Waals surface area contributed by atoms with Crippen molar-refractivity contribution in [3.05, 3.63) is 66.5 Å². The summed E-state index contributed by atoms with van der Waals surface area (Å²) in [4.78, 5) is 24.0. The zero-order valence-corrected chi connectivity index (χ0v) is 22.1. The van der Waals surface area contributed by atoms with Gasteiger partial charge in [0.15, 0.2) is 0 Å². The van der Waals surface area contributed by atoms with Crippen LogP contribution in [0.2, 0.25) is 0 Å². The quantitative estimate of drug-likeness (QED) is 0.410. The average molecular weight is 519 g/mol. The summed E-state index contributed by atoms with van der Waals surface area (Å²) in [5.41, 5.74) is 8.39. The lowest BCUT2D eigenvalue weighted by atomic mass is 9.97. The summed E-state index contributed by atoms with van der Waals surface area (Å²) >= 11 is 0. The minimum absolute atomic E-state index is 0.178. The van der Waals surface area contributed by atoms with E-state index in [1.165, 1.54) is 18.3 Å². The minimum atomic E-state index is -4.24. The first kappa shape index (κ1) is 24.8. The molecule has 3 N–H and O–H groups in total. The Morgan fingerprint density at radius 1 is 1.16 bits per heavy atom. The summed E-state index contributed by atoms with van der Waals surface area (Å²) in [6, 6.07) is 14.3. The Bertz CT molecular complexity index is 1630. The largest absolute Gasteiger partial charge is 0.383 e. The molecule has 3 aromatic heterocycles. The minimum Gasteiger partial charge on any atom is -0.383 e. The van der Waals surface area contributed by atoms with Crippen molar-refractivity contribution >= 4 is 38.5 Å². The molecule has 1 aliphatic heterocycles.